The van der Waals surface area contributed by atoms with Gasteiger partial charge in [0.25, 0.3) is 5.91 Å². The van der Waals surface area contributed by atoms with Gasteiger partial charge in [-0.2, -0.15) is 0 Å². The predicted molar refractivity (Wildman–Crippen MR) is 140 cm³/mol. The number of carbonyl (C=O) groups is 3. The minimum absolute atomic E-state index is 0.121. The number of aliphatic imine (C=N–C) groups is 1. The summed E-state index contributed by atoms with van der Waals surface area (Å²) in [6.07, 6.45) is 1.07. The smallest absolute Gasteiger partial charge is 0.272 e. The van der Waals surface area contributed by atoms with Crippen LogP contribution < -0.4 is 10.2 Å². The van der Waals surface area contributed by atoms with Crippen LogP contribution in [0.25, 0.3) is 0 Å². The summed E-state index contributed by atoms with van der Waals surface area (Å²) in [7, 11) is 1.63. The van der Waals surface area contributed by atoms with Gasteiger partial charge < -0.3 is 10.2 Å². The standard InChI is InChI=1S/C30H27F2N3O3/c1-17(14-18-10-13-23(31)24(32)15-18)29(37)34-28-30(38)35(2)25-8-4-3-7-22(25)27(33-28)20-11-12-21-19(16-20)6-5-9-26(21)36/h3-4,7-8,10-13,15-17,28H,5-6,9,14H2,1-2H3,(H,34,37)/t17-,28?/m0/s1. The van der Waals surface area contributed by atoms with Crippen LogP contribution in [0.4, 0.5) is 14.5 Å². The van der Waals surface area contributed by atoms with Gasteiger partial charge in [-0.3, -0.25) is 14.4 Å². The van der Waals surface area contributed by atoms with Crippen molar-refractivity contribution >= 4 is 29.0 Å². The van der Waals surface area contributed by atoms with Crippen LogP contribution in [0.1, 0.15) is 52.4 Å². The van der Waals surface area contributed by atoms with E-state index in [1.165, 1.54) is 11.0 Å². The first-order chi connectivity index (χ1) is 18.2. The molecule has 1 N–H and O–H groups in total. The first kappa shape index (κ1) is 25.4. The van der Waals surface area contributed by atoms with E-state index in [0.29, 0.717) is 28.9 Å². The van der Waals surface area contributed by atoms with Crippen molar-refractivity contribution in [1.82, 2.24) is 5.32 Å². The van der Waals surface area contributed by atoms with E-state index in [1.807, 2.05) is 42.5 Å². The summed E-state index contributed by atoms with van der Waals surface area (Å²) < 4.78 is 26.9. The number of ketones is 1. The fourth-order valence-electron chi connectivity index (χ4n) is 5.03. The van der Waals surface area contributed by atoms with Gasteiger partial charge in [-0.25, -0.2) is 13.8 Å². The van der Waals surface area contributed by atoms with Crippen LogP contribution in [0.15, 0.2) is 65.7 Å². The number of rotatable bonds is 5. The van der Waals surface area contributed by atoms with Crippen LogP contribution in [0.5, 0.6) is 0 Å². The first-order valence-corrected chi connectivity index (χ1v) is 12.6. The van der Waals surface area contributed by atoms with E-state index < -0.39 is 35.5 Å². The highest BCUT2D eigenvalue weighted by atomic mass is 19.2. The lowest BCUT2D eigenvalue weighted by atomic mass is 9.88. The van der Waals surface area contributed by atoms with Gasteiger partial charge in [-0.05, 0) is 54.7 Å². The molecule has 0 saturated carbocycles. The molecular weight excluding hydrogens is 488 g/mol. The van der Waals surface area contributed by atoms with Gasteiger partial charge in [0.1, 0.15) is 0 Å². The van der Waals surface area contributed by atoms with Gasteiger partial charge in [-0.15, -0.1) is 0 Å². The summed E-state index contributed by atoms with van der Waals surface area (Å²) in [4.78, 5) is 45.1. The lowest BCUT2D eigenvalue weighted by Gasteiger charge is -2.22. The van der Waals surface area contributed by atoms with Crippen molar-refractivity contribution in [2.45, 2.75) is 38.8 Å². The maximum atomic E-state index is 13.6. The van der Waals surface area contributed by atoms with Crippen LogP contribution in [0.3, 0.4) is 0 Å². The number of carbonyl (C=O) groups excluding carboxylic acids is 3. The van der Waals surface area contributed by atoms with Crippen molar-refractivity contribution in [2.24, 2.45) is 10.9 Å². The summed E-state index contributed by atoms with van der Waals surface area (Å²) in [6, 6.07) is 16.5. The molecule has 2 amide bonds. The van der Waals surface area contributed by atoms with Crippen molar-refractivity contribution in [2.75, 3.05) is 11.9 Å². The van der Waals surface area contributed by atoms with E-state index in [9.17, 15) is 23.2 Å². The third-order valence-corrected chi connectivity index (χ3v) is 7.12. The lowest BCUT2D eigenvalue weighted by Crippen LogP contribution is -2.47. The van der Waals surface area contributed by atoms with Crippen molar-refractivity contribution in [3.63, 3.8) is 0 Å². The molecule has 194 valence electrons. The summed E-state index contributed by atoms with van der Waals surface area (Å²) in [5.41, 5.74) is 4.81. The van der Waals surface area contributed by atoms with Gasteiger partial charge in [0.15, 0.2) is 17.4 Å². The fourth-order valence-corrected chi connectivity index (χ4v) is 5.03. The number of fused-ring (bicyclic) bond motifs is 2. The number of amides is 2. The van der Waals surface area contributed by atoms with Crippen LogP contribution in [0, 0.1) is 17.6 Å². The first-order valence-electron chi connectivity index (χ1n) is 12.6. The number of likely N-dealkylation sites (N-methyl/N-ethyl adjacent to an activating group) is 1. The molecule has 2 aliphatic rings. The number of nitrogens with one attached hydrogen (secondary N) is 1. The second-order valence-electron chi connectivity index (χ2n) is 9.81. The molecule has 8 heteroatoms. The van der Waals surface area contributed by atoms with Crippen molar-refractivity contribution in [3.8, 4) is 0 Å². The Morgan fingerprint density at radius 3 is 2.61 bits per heavy atom. The number of nitrogens with zero attached hydrogens (tertiary/aromatic N) is 2. The lowest BCUT2D eigenvalue weighted by molar-refractivity contribution is -0.129. The minimum atomic E-state index is -1.19. The van der Waals surface area contributed by atoms with Gasteiger partial charge in [-0.1, -0.05) is 43.3 Å². The number of hydrogen-bond acceptors (Lipinski definition) is 4. The van der Waals surface area contributed by atoms with Crippen molar-refractivity contribution < 1.29 is 23.2 Å². The average molecular weight is 516 g/mol. The number of Topliss-reactive ketones (excluding diaryl/α,β-unsaturated/α-hetero) is 1. The highest BCUT2D eigenvalue weighted by Gasteiger charge is 2.32. The van der Waals surface area contributed by atoms with Crippen LogP contribution >= 0.6 is 0 Å². The molecule has 5 rings (SSSR count). The Balaban J connectivity index is 1.48. The van der Waals surface area contributed by atoms with E-state index in [0.717, 1.165) is 41.7 Å². The quantitative estimate of drug-likeness (QED) is 0.539. The third-order valence-electron chi connectivity index (χ3n) is 7.12. The monoisotopic (exact) mass is 515 g/mol. The molecule has 3 aromatic rings. The second-order valence-corrected chi connectivity index (χ2v) is 9.81. The molecule has 0 spiro atoms. The fraction of sp³-hybridized carbons (Fsp3) is 0.267. The molecule has 1 heterocycles. The number of para-hydroxylation sites is 1. The topological polar surface area (TPSA) is 78.8 Å². The molecule has 2 atom stereocenters. The van der Waals surface area contributed by atoms with Crippen LogP contribution in [-0.4, -0.2) is 36.5 Å². The zero-order valence-corrected chi connectivity index (χ0v) is 21.1. The van der Waals surface area contributed by atoms with E-state index in [1.54, 1.807) is 14.0 Å². The Morgan fingerprint density at radius 2 is 1.82 bits per heavy atom. The maximum absolute atomic E-state index is 13.6. The van der Waals surface area contributed by atoms with Gasteiger partial charge in [0.05, 0.1) is 11.4 Å². The van der Waals surface area contributed by atoms with Crippen molar-refractivity contribution in [1.29, 1.82) is 0 Å². The number of anilines is 1. The van der Waals surface area contributed by atoms with Crippen molar-refractivity contribution in [3.05, 3.63) is 100 Å². The molecule has 0 fully saturated rings. The summed E-state index contributed by atoms with van der Waals surface area (Å²) in [5.74, 6) is -3.28. The normalized spacial score (nSPS) is 17.7. The highest BCUT2D eigenvalue weighted by Crippen LogP contribution is 2.29. The van der Waals surface area contributed by atoms with E-state index >= 15 is 0 Å². The number of hydrogen-bond donors (Lipinski definition) is 1. The molecule has 1 aliphatic carbocycles. The van der Waals surface area contributed by atoms with E-state index in [4.69, 9.17) is 4.99 Å². The SMILES string of the molecule is C[C@@H](Cc1ccc(F)c(F)c1)C(=O)NC1N=C(c2ccc3c(c2)CCCC3=O)c2ccccc2N(C)C1=O. The minimum Gasteiger partial charge on any atom is -0.326 e. The molecule has 38 heavy (non-hydrogen) atoms. The van der Waals surface area contributed by atoms with E-state index in [-0.39, 0.29) is 12.2 Å². The molecule has 0 saturated heterocycles. The number of halogens is 2. The molecule has 6 nitrogen and oxygen atoms in total. The Kier molecular flexibility index (Phi) is 6.89. The zero-order valence-electron chi connectivity index (χ0n) is 21.1. The van der Waals surface area contributed by atoms with Crippen LogP contribution in [0.2, 0.25) is 0 Å². The predicted octanol–water partition coefficient (Wildman–Crippen LogP) is 4.62. The van der Waals surface area contributed by atoms with Gasteiger partial charge in [0.2, 0.25) is 12.1 Å². The molecule has 0 aromatic heterocycles. The highest BCUT2D eigenvalue weighted by molar-refractivity contribution is 6.20. The Morgan fingerprint density at radius 1 is 1.03 bits per heavy atom. The Hall–Kier alpha value is -4.20. The summed E-state index contributed by atoms with van der Waals surface area (Å²) in [6.45, 7) is 1.65. The second kappa shape index (κ2) is 10.3. The van der Waals surface area contributed by atoms with Crippen LogP contribution in [-0.2, 0) is 22.4 Å². The van der Waals surface area contributed by atoms with Gasteiger partial charge >= 0.3 is 0 Å². The number of aryl methyl sites for hydroxylation is 1. The molecule has 1 aliphatic heterocycles. The Bertz CT molecular complexity index is 1480. The molecule has 0 radical (unpaired) electrons. The molecule has 1 unspecified atom stereocenters. The summed E-state index contributed by atoms with van der Waals surface area (Å²) in [5, 5.41) is 2.75. The Labute approximate surface area is 219 Å². The molecule has 0 bridgehead atoms. The summed E-state index contributed by atoms with van der Waals surface area (Å²) >= 11 is 0. The zero-order chi connectivity index (χ0) is 27.0. The molecule has 3 aromatic carbocycles. The molecular formula is C30H27F2N3O3. The number of benzodiazepines with no additional fused rings is 1. The van der Waals surface area contributed by atoms with Gasteiger partial charge in [0, 0.05) is 36.1 Å². The van der Waals surface area contributed by atoms with E-state index in [2.05, 4.69) is 5.32 Å². The average Bonchev–Trinajstić information content (AvgIpc) is 3.01. The maximum Gasteiger partial charge on any atom is 0.272 e. The third kappa shape index (κ3) is 4.86. The largest absolute Gasteiger partial charge is 0.326 e. The number of benzene rings is 3.